The van der Waals surface area contributed by atoms with E-state index in [1.807, 2.05) is 12.5 Å². The maximum absolute atomic E-state index is 12.8. The molecule has 1 aromatic heterocycles. The third-order valence-electron chi connectivity index (χ3n) is 9.66. The molecular formula is C28H37N3O2. The second kappa shape index (κ2) is 8.26. The minimum Gasteiger partial charge on any atom is -0.392 e. The quantitative estimate of drug-likeness (QED) is 0.624. The molecule has 1 aromatic carbocycles. The minimum atomic E-state index is -0.333. The zero-order valence-corrected chi connectivity index (χ0v) is 19.6. The van der Waals surface area contributed by atoms with Crippen LogP contribution in [0.15, 0.2) is 36.8 Å². The van der Waals surface area contributed by atoms with Gasteiger partial charge in [0.2, 0.25) is 5.91 Å². The molecule has 5 aliphatic rings. The fraction of sp³-hybridized carbons (Fsp3) is 0.643. The number of fused-ring (bicyclic) bond motifs is 6. The van der Waals surface area contributed by atoms with Gasteiger partial charge in [0.25, 0.3) is 0 Å². The normalized spacial score (nSPS) is 31.7. The maximum Gasteiger partial charge on any atom is 0.220 e. The molecule has 33 heavy (non-hydrogen) atoms. The first kappa shape index (κ1) is 21.4. The molecule has 0 radical (unpaired) electrons. The van der Waals surface area contributed by atoms with Crippen LogP contribution in [-0.4, -0.2) is 32.2 Å². The lowest BCUT2D eigenvalue weighted by atomic mass is 9.54. The van der Waals surface area contributed by atoms with Gasteiger partial charge in [-0.05, 0) is 74.7 Å². The highest BCUT2D eigenvalue weighted by Crippen LogP contribution is 2.56. The number of nitrogens with zero attached hydrogens (tertiary/aromatic N) is 2. The summed E-state index contributed by atoms with van der Waals surface area (Å²) in [6, 6.07) is 8.71. The van der Waals surface area contributed by atoms with Crippen LogP contribution in [0.3, 0.4) is 0 Å². The highest BCUT2D eigenvalue weighted by Gasteiger charge is 2.53. The third-order valence-corrected chi connectivity index (χ3v) is 9.66. The van der Waals surface area contributed by atoms with Crippen molar-refractivity contribution in [3.05, 3.63) is 42.4 Å². The second-order valence-corrected chi connectivity index (χ2v) is 11.4. The number of aliphatic hydroxyl groups is 1. The van der Waals surface area contributed by atoms with E-state index >= 15 is 0 Å². The number of rotatable bonds is 6. The lowest BCUT2D eigenvalue weighted by molar-refractivity contribution is -0.129. The number of imidazole rings is 1. The molecular weight excluding hydrogens is 410 g/mol. The van der Waals surface area contributed by atoms with E-state index in [2.05, 4.69) is 39.1 Å². The smallest absolute Gasteiger partial charge is 0.220 e. The summed E-state index contributed by atoms with van der Waals surface area (Å²) < 4.78 is 2.24. The standard InChI is InChI=1S/C28H37N3O2/c32-25(17-23-21-8-4-5-9-22(21)24-18-29-19-31(23)24)27-10-13-28(14-11-27,15-12-27)30-26(33)16-20-6-2-1-3-7-20/h4-5,8-9,18-20,23,25,32H,1-3,6-7,10-17H2,(H,30,33). The molecule has 5 nitrogen and oxygen atoms in total. The fourth-order valence-corrected chi connectivity index (χ4v) is 7.54. The summed E-state index contributed by atoms with van der Waals surface area (Å²) in [6.07, 6.45) is 17.4. The Morgan fingerprint density at radius 3 is 2.58 bits per heavy atom. The Balaban J connectivity index is 1.10. The molecule has 4 aliphatic carbocycles. The number of carbonyl (C=O) groups excluding carboxylic acids is 1. The summed E-state index contributed by atoms with van der Waals surface area (Å²) in [5.41, 5.74) is 3.68. The van der Waals surface area contributed by atoms with Crippen LogP contribution >= 0.6 is 0 Å². The van der Waals surface area contributed by atoms with Crippen LogP contribution < -0.4 is 5.32 Å². The van der Waals surface area contributed by atoms with Gasteiger partial charge in [0.15, 0.2) is 0 Å². The van der Waals surface area contributed by atoms with E-state index in [4.69, 9.17) is 0 Å². The van der Waals surface area contributed by atoms with Crippen LogP contribution in [-0.2, 0) is 4.79 Å². The molecule has 5 heteroatoms. The molecule has 2 aromatic rings. The highest BCUT2D eigenvalue weighted by molar-refractivity contribution is 5.77. The van der Waals surface area contributed by atoms with Crippen LogP contribution in [0.2, 0.25) is 0 Å². The lowest BCUT2D eigenvalue weighted by Crippen LogP contribution is -2.59. The Morgan fingerprint density at radius 2 is 1.82 bits per heavy atom. The molecule has 4 fully saturated rings. The average Bonchev–Trinajstić information content (AvgIpc) is 3.43. The van der Waals surface area contributed by atoms with E-state index in [0.29, 0.717) is 12.3 Å². The van der Waals surface area contributed by atoms with Gasteiger partial charge in [0, 0.05) is 17.5 Å². The van der Waals surface area contributed by atoms with E-state index < -0.39 is 0 Å². The van der Waals surface area contributed by atoms with Crippen molar-refractivity contribution < 1.29 is 9.90 Å². The van der Waals surface area contributed by atoms with Crippen molar-refractivity contribution in [2.45, 2.75) is 101 Å². The van der Waals surface area contributed by atoms with E-state index in [-0.39, 0.29) is 29.0 Å². The highest BCUT2D eigenvalue weighted by atomic mass is 16.3. The first-order chi connectivity index (χ1) is 16.1. The van der Waals surface area contributed by atoms with Crippen molar-refractivity contribution in [1.29, 1.82) is 0 Å². The van der Waals surface area contributed by atoms with Crippen LogP contribution in [0.25, 0.3) is 11.3 Å². The van der Waals surface area contributed by atoms with Crippen molar-refractivity contribution in [3.8, 4) is 11.3 Å². The zero-order chi connectivity index (χ0) is 22.5. The molecule has 1 aliphatic heterocycles. The number of hydrogen-bond acceptors (Lipinski definition) is 3. The van der Waals surface area contributed by atoms with Gasteiger partial charge in [-0.3, -0.25) is 4.79 Å². The Labute approximate surface area is 197 Å². The lowest BCUT2D eigenvalue weighted by Gasteiger charge is -2.55. The molecule has 4 saturated carbocycles. The van der Waals surface area contributed by atoms with Crippen molar-refractivity contribution >= 4 is 5.91 Å². The zero-order valence-electron chi connectivity index (χ0n) is 19.6. The van der Waals surface area contributed by atoms with E-state index in [1.165, 1.54) is 43.2 Å². The van der Waals surface area contributed by atoms with E-state index in [1.54, 1.807) is 0 Å². The predicted molar refractivity (Wildman–Crippen MR) is 129 cm³/mol. The predicted octanol–water partition coefficient (Wildman–Crippen LogP) is 5.38. The van der Waals surface area contributed by atoms with Crippen molar-refractivity contribution in [3.63, 3.8) is 0 Å². The summed E-state index contributed by atoms with van der Waals surface area (Å²) in [5, 5.41) is 15.0. The number of aromatic nitrogens is 2. The first-order valence-corrected chi connectivity index (χ1v) is 13.2. The number of carbonyl (C=O) groups is 1. The second-order valence-electron chi connectivity index (χ2n) is 11.4. The van der Waals surface area contributed by atoms with Gasteiger partial charge in [-0.15, -0.1) is 0 Å². The van der Waals surface area contributed by atoms with Gasteiger partial charge in [0.05, 0.1) is 30.4 Å². The maximum atomic E-state index is 12.8. The van der Waals surface area contributed by atoms with Gasteiger partial charge < -0.3 is 15.0 Å². The largest absolute Gasteiger partial charge is 0.392 e. The van der Waals surface area contributed by atoms with E-state index in [0.717, 1.165) is 50.6 Å². The fourth-order valence-electron chi connectivity index (χ4n) is 7.54. The van der Waals surface area contributed by atoms with Crippen LogP contribution in [0.5, 0.6) is 0 Å². The third kappa shape index (κ3) is 3.73. The molecule has 0 spiro atoms. The Morgan fingerprint density at radius 1 is 1.09 bits per heavy atom. The summed E-state index contributed by atoms with van der Waals surface area (Å²) in [4.78, 5) is 17.2. The average molecular weight is 448 g/mol. The molecule has 2 N–H and O–H groups in total. The number of aliphatic hydroxyl groups excluding tert-OH is 1. The number of amides is 1. The molecule has 2 atom stereocenters. The Bertz CT molecular complexity index is 997. The molecule has 0 saturated heterocycles. The van der Waals surface area contributed by atoms with E-state index in [9.17, 15) is 9.90 Å². The summed E-state index contributed by atoms with van der Waals surface area (Å²) >= 11 is 0. The first-order valence-electron chi connectivity index (χ1n) is 13.2. The van der Waals surface area contributed by atoms with Gasteiger partial charge in [-0.2, -0.15) is 0 Å². The van der Waals surface area contributed by atoms with Crippen LogP contribution in [0.1, 0.15) is 95.1 Å². The SMILES string of the molecule is O=C(CC1CCCCC1)NC12CCC(C(O)CC3c4ccccc4-c4cncn43)(CC1)CC2. The minimum absolute atomic E-state index is 0.00583. The Kier molecular flexibility index (Phi) is 5.36. The molecule has 2 unspecified atom stereocenters. The van der Waals surface area contributed by atoms with Crippen molar-refractivity contribution in [2.24, 2.45) is 11.3 Å². The van der Waals surface area contributed by atoms with Crippen molar-refractivity contribution in [1.82, 2.24) is 14.9 Å². The van der Waals surface area contributed by atoms with Crippen molar-refractivity contribution in [2.75, 3.05) is 0 Å². The molecule has 7 rings (SSSR count). The van der Waals surface area contributed by atoms with Gasteiger partial charge in [0.1, 0.15) is 0 Å². The van der Waals surface area contributed by atoms with Gasteiger partial charge >= 0.3 is 0 Å². The molecule has 176 valence electrons. The Hall–Kier alpha value is -2.14. The summed E-state index contributed by atoms with van der Waals surface area (Å²) in [5.74, 6) is 0.859. The number of hydrogen-bond donors (Lipinski definition) is 2. The molecule has 2 bridgehead atoms. The topological polar surface area (TPSA) is 67.2 Å². The number of nitrogens with one attached hydrogen (secondary N) is 1. The monoisotopic (exact) mass is 447 g/mol. The summed E-state index contributed by atoms with van der Waals surface area (Å²) in [6.45, 7) is 0. The number of benzene rings is 1. The van der Waals surface area contributed by atoms with Gasteiger partial charge in [-0.1, -0.05) is 43.5 Å². The molecule has 2 heterocycles. The van der Waals surface area contributed by atoms with Crippen LogP contribution in [0.4, 0.5) is 0 Å². The molecule has 1 amide bonds. The van der Waals surface area contributed by atoms with Gasteiger partial charge in [-0.25, -0.2) is 4.98 Å². The van der Waals surface area contributed by atoms with Crippen LogP contribution in [0, 0.1) is 11.3 Å². The summed E-state index contributed by atoms with van der Waals surface area (Å²) in [7, 11) is 0.